The van der Waals surface area contributed by atoms with Crippen LogP contribution < -0.4 is 10.1 Å². The van der Waals surface area contributed by atoms with Crippen molar-refractivity contribution in [1.82, 2.24) is 15.0 Å². The molecule has 0 aliphatic rings. The van der Waals surface area contributed by atoms with E-state index in [-0.39, 0.29) is 0 Å². The average Bonchev–Trinajstić information content (AvgIpc) is 2.51. The van der Waals surface area contributed by atoms with Crippen LogP contribution in [-0.2, 0) is 6.42 Å². The van der Waals surface area contributed by atoms with Gasteiger partial charge in [-0.15, -0.1) is 0 Å². The Morgan fingerprint density at radius 2 is 2.05 bits per heavy atom. The average molecular weight is 272 g/mol. The summed E-state index contributed by atoms with van der Waals surface area (Å²) in [7, 11) is 0. The first-order valence-corrected chi connectivity index (χ1v) is 6.96. The molecule has 2 rings (SSSR count). The number of rotatable bonds is 8. The number of nitrogens with one attached hydrogen (secondary N) is 1. The Morgan fingerprint density at radius 3 is 2.85 bits per heavy atom. The summed E-state index contributed by atoms with van der Waals surface area (Å²) in [5.41, 5.74) is 1.27. The second-order valence-electron chi connectivity index (χ2n) is 4.48. The molecule has 5 nitrogen and oxygen atoms in total. The van der Waals surface area contributed by atoms with E-state index >= 15 is 0 Å². The zero-order valence-electron chi connectivity index (χ0n) is 11.7. The Morgan fingerprint density at radius 1 is 1.20 bits per heavy atom. The summed E-state index contributed by atoms with van der Waals surface area (Å²) in [5, 5.41) is 3.21. The molecule has 5 heteroatoms. The number of aromatic nitrogens is 3. The zero-order chi connectivity index (χ0) is 14.0. The molecule has 0 fully saturated rings. The van der Waals surface area contributed by atoms with Gasteiger partial charge in [0.15, 0.2) is 0 Å². The normalized spacial score (nSPS) is 10.2. The van der Waals surface area contributed by atoms with Gasteiger partial charge in [-0.1, -0.05) is 6.92 Å². The van der Waals surface area contributed by atoms with Crippen LogP contribution in [0.15, 0.2) is 36.9 Å². The lowest BCUT2D eigenvalue weighted by molar-refractivity contribution is 0.299. The summed E-state index contributed by atoms with van der Waals surface area (Å²) in [6.07, 6.45) is 8.14. The van der Waals surface area contributed by atoms with Crippen molar-refractivity contribution in [2.24, 2.45) is 0 Å². The second-order valence-corrected chi connectivity index (χ2v) is 4.48. The second kappa shape index (κ2) is 8.09. The molecule has 0 radical (unpaired) electrons. The van der Waals surface area contributed by atoms with E-state index in [9.17, 15) is 0 Å². The Bertz CT molecular complexity index is 504. The van der Waals surface area contributed by atoms with Gasteiger partial charge in [0.05, 0.1) is 6.61 Å². The lowest BCUT2D eigenvalue weighted by Gasteiger charge is -2.07. The van der Waals surface area contributed by atoms with Crippen molar-refractivity contribution < 1.29 is 4.74 Å². The summed E-state index contributed by atoms with van der Waals surface area (Å²) >= 11 is 0. The maximum atomic E-state index is 5.64. The van der Waals surface area contributed by atoms with Gasteiger partial charge in [-0.3, -0.25) is 4.98 Å². The maximum Gasteiger partial charge on any atom is 0.218 e. The predicted octanol–water partition coefficient (Wildman–Crippen LogP) is 2.71. The van der Waals surface area contributed by atoms with Gasteiger partial charge in [-0.05, 0) is 37.0 Å². The highest BCUT2D eigenvalue weighted by atomic mass is 16.5. The molecule has 1 N–H and O–H groups in total. The van der Waals surface area contributed by atoms with Gasteiger partial charge in [0.25, 0.3) is 0 Å². The summed E-state index contributed by atoms with van der Waals surface area (Å²) in [6.45, 7) is 3.66. The molecule has 0 aliphatic heterocycles. The molecule has 0 saturated heterocycles. The first-order chi connectivity index (χ1) is 9.88. The highest BCUT2D eigenvalue weighted by Gasteiger charge is 1.99. The first kappa shape index (κ1) is 14.2. The summed E-state index contributed by atoms with van der Waals surface area (Å²) in [6, 6.07) is 5.89. The molecule has 0 unspecified atom stereocenters. The van der Waals surface area contributed by atoms with Crippen LogP contribution in [0.1, 0.15) is 25.3 Å². The van der Waals surface area contributed by atoms with Crippen molar-refractivity contribution in [2.45, 2.75) is 26.2 Å². The number of ether oxygens (including phenoxy) is 1. The molecule has 0 amide bonds. The van der Waals surface area contributed by atoms with Crippen LogP contribution in [0.2, 0.25) is 0 Å². The van der Waals surface area contributed by atoms with E-state index in [0.29, 0.717) is 12.5 Å². The van der Waals surface area contributed by atoms with Crippen LogP contribution >= 0.6 is 0 Å². The number of hydrogen-bond donors (Lipinski definition) is 1. The van der Waals surface area contributed by atoms with Crippen LogP contribution in [0.4, 0.5) is 5.82 Å². The smallest absolute Gasteiger partial charge is 0.218 e. The molecule has 0 aromatic carbocycles. The molecule has 0 aliphatic carbocycles. The van der Waals surface area contributed by atoms with Crippen molar-refractivity contribution >= 4 is 5.82 Å². The quantitative estimate of drug-likeness (QED) is 0.749. The maximum absolute atomic E-state index is 5.64. The van der Waals surface area contributed by atoms with Gasteiger partial charge < -0.3 is 10.1 Å². The van der Waals surface area contributed by atoms with Crippen molar-refractivity contribution in [1.29, 1.82) is 0 Å². The standard InChI is InChI=1S/C15H20N4O/c1-2-7-17-14-11-15(19-12-18-14)20-10-3-4-13-5-8-16-9-6-13/h5-6,8-9,11-12H,2-4,7,10H2,1H3,(H,17,18,19). The molecule has 2 aromatic rings. The SMILES string of the molecule is CCCNc1cc(OCCCc2ccncc2)ncn1. The highest BCUT2D eigenvalue weighted by molar-refractivity contribution is 5.36. The van der Waals surface area contributed by atoms with Crippen LogP contribution in [0.5, 0.6) is 5.88 Å². The Hall–Kier alpha value is -2.17. The first-order valence-electron chi connectivity index (χ1n) is 6.96. The minimum atomic E-state index is 0.619. The molecule has 20 heavy (non-hydrogen) atoms. The minimum absolute atomic E-state index is 0.619. The molecular formula is C15H20N4O. The number of pyridine rings is 1. The third kappa shape index (κ3) is 4.84. The lowest BCUT2D eigenvalue weighted by Crippen LogP contribution is -2.05. The molecule has 106 valence electrons. The van der Waals surface area contributed by atoms with Gasteiger partial charge in [0.2, 0.25) is 5.88 Å². The minimum Gasteiger partial charge on any atom is -0.478 e. The van der Waals surface area contributed by atoms with Crippen LogP contribution in [0.3, 0.4) is 0 Å². The van der Waals surface area contributed by atoms with E-state index in [1.807, 2.05) is 30.6 Å². The van der Waals surface area contributed by atoms with Gasteiger partial charge in [-0.2, -0.15) is 0 Å². The fourth-order valence-electron chi connectivity index (χ4n) is 1.77. The molecule has 0 atom stereocenters. The molecular weight excluding hydrogens is 252 g/mol. The van der Waals surface area contributed by atoms with Crippen molar-refractivity contribution in [3.8, 4) is 5.88 Å². The zero-order valence-corrected chi connectivity index (χ0v) is 11.7. The van der Waals surface area contributed by atoms with Crippen LogP contribution in [0.25, 0.3) is 0 Å². The Balaban J connectivity index is 1.73. The van der Waals surface area contributed by atoms with E-state index < -0.39 is 0 Å². The molecule has 0 bridgehead atoms. The van der Waals surface area contributed by atoms with Crippen molar-refractivity contribution in [3.05, 3.63) is 42.5 Å². The Labute approximate surface area is 119 Å². The topological polar surface area (TPSA) is 59.9 Å². The number of aryl methyl sites for hydroxylation is 1. The fourth-order valence-corrected chi connectivity index (χ4v) is 1.77. The highest BCUT2D eigenvalue weighted by Crippen LogP contribution is 2.11. The van der Waals surface area contributed by atoms with Crippen molar-refractivity contribution in [2.75, 3.05) is 18.5 Å². The third-order valence-corrected chi connectivity index (χ3v) is 2.81. The summed E-state index contributed by atoms with van der Waals surface area (Å²) in [5.74, 6) is 1.43. The van der Waals surface area contributed by atoms with E-state index in [0.717, 1.165) is 31.6 Å². The van der Waals surface area contributed by atoms with Gasteiger partial charge in [-0.25, -0.2) is 9.97 Å². The number of hydrogen-bond acceptors (Lipinski definition) is 5. The number of anilines is 1. The predicted molar refractivity (Wildman–Crippen MR) is 78.9 cm³/mol. The molecule has 0 spiro atoms. The lowest BCUT2D eigenvalue weighted by atomic mass is 10.1. The summed E-state index contributed by atoms with van der Waals surface area (Å²) < 4.78 is 5.64. The van der Waals surface area contributed by atoms with E-state index in [1.165, 1.54) is 11.9 Å². The molecule has 2 heterocycles. The van der Waals surface area contributed by atoms with E-state index in [4.69, 9.17) is 4.74 Å². The molecule has 2 aromatic heterocycles. The van der Waals surface area contributed by atoms with E-state index in [2.05, 4.69) is 27.2 Å². The summed E-state index contributed by atoms with van der Waals surface area (Å²) in [4.78, 5) is 12.3. The van der Waals surface area contributed by atoms with Gasteiger partial charge in [0.1, 0.15) is 12.1 Å². The van der Waals surface area contributed by atoms with Gasteiger partial charge >= 0.3 is 0 Å². The third-order valence-electron chi connectivity index (χ3n) is 2.81. The fraction of sp³-hybridized carbons (Fsp3) is 0.400. The van der Waals surface area contributed by atoms with Crippen molar-refractivity contribution in [3.63, 3.8) is 0 Å². The van der Waals surface area contributed by atoms with Crippen LogP contribution in [-0.4, -0.2) is 28.1 Å². The van der Waals surface area contributed by atoms with Crippen LogP contribution in [0, 0.1) is 0 Å². The number of nitrogens with zero attached hydrogens (tertiary/aromatic N) is 3. The largest absolute Gasteiger partial charge is 0.478 e. The monoisotopic (exact) mass is 272 g/mol. The van der Waals surface area contributed by atoms with E-state index in [1.54, 1.807) is 0 Å². The Kier molecular flexibility index (Phi) is 5.76. The van der Waals surface area contributed by atoms with Gasteiger partial charge in [0, 0.05) is 25.0 Å². The molecule has 0 saturated carbocycles.